The number of halogens is 1. The van der Waals surface area contributed by atoms with Crippen molar-refractivity contribution in [2.45, 2.75) is 57.5 Å². The summed E-state index contributed by atoms with van der Waals surface area (Å²) in [5.74, 6) is 0.826. The third-order valence-electron chi connectivity index (χ3n) is 6.56. The molecule has 0 bridgehead atoms. The quantitative estimate of drug-likeness (QED) is 0.682. The smallest absolute Gasteiger partial charge is 0.223 e. The van der Waals surface area contributed by atoms with Crippen molar-refractivity contribution in [3.63, 3.8) is 0 Å². The van der Waals surface area contributed by atoms with Crippen LogP contribution in [0.1, 0.15) is 55.8 Å². The molecule has 0 spiro atoms. The van der Waals surface area contributed by atoms with Gasteiger partial charge in [0.25, 0.3) is 0 Å². The number of carbonyl (C=O) groups excluding carboxylic acids is 1. The molecule has 0 saturated heterocycles. The highest BCUT2D eigenvalue weighted by molar-refractivity contribution is 6.35. The second kappa shape index (κ2) is 7.78. The fraction of sp³-hybridized carbons (Fsp3) is 0.524. The van der Waals surface area contributed by atoms with Crippen molar-refractivity contribution in [3.8, 4) is 0 Å². The van der Waals surface area contributed by atoms with Gasteiger partial charge in [-0.1, -0.05) is 23.7 Å². The molecule has 1 saturated carbocycles. The highest BCUT2D eigenvalue weighted by Crippen LogP contribution is 2.37. The topological polar surface area (TPSA) is 88.5 Å². The van der Waals surface area contributed by atoms with Crippen LogP contribution in [0.4, 0.5) is 0 Å². The molecular formula is C21H25ClN6O. The Morgan fingerprint density at radius 3 is 2.90 bits per heavy atom. The van der Waals surface area contributed by atoms with Crippen LogP contribution in [0.25, 0.3) is 10.9 Å². The predicted molar refractivity (Wildman–Crippen MR) is 110 cm³/mol. The zero-order valence-corrected chi connectivity index (χ0v) is 17.0. The summed E-state index contributed by atoms with van der Waals surface area (Å²) in [5, 5.41) is 16.6. The van der Waals surface area contributed by atoms with Crippen molar-refractivity contribution in [2.24, 2.45) is 11.8 Å². The molecule has 0 radical (unpaired) electrons. The lowest BCUT2D eigenvalue weighted by Gasteiger charge is -2.30. The number of benzene rings is 1. The van der Waals surface area contributed by atoms with Gasteiger partial charge in [0.05, 0.1) is 16.6 Å². The Hall–Kier alpha value is -2.41. The number of amides is 1. The van der Waals surface area contributed by atoms with Crippen molar-refractivity contribution >= 4 is 28.4 Å². The molecule has 8 heteroatoms. The molecule has 152 valence electrons. The largest absolute Gasteiger partial charge is 0.355 e. The maximum atomic E-state index is 13.0. The molecule has 1 amide bonds. The first-order valence-electron chi connectivity index (χ1n) is 10.5. The summed E-state index contributed by atoms with van der Waals surface area (Å²) < 4.78 is 1.79. The number of nitrogens with one attached hydrogen (secondary N) is 2. The lowest BCUT2D eigenvalue weighted by atomic mass is 9.81. The maximum absolute atomic E-state index is 13.0. The fourth-order valence-electron chi connectivity index (χ4n) is 5.02. The molecule has 5 rings (SSSR count). The number of hydrogen-bond donors (Lipinski definition) is 2. The molecule has 0 aliphatic heterocycles. The van der Waals surface area contributed by atoms with Gasteiger partial charge in [0.2, 0.25) is 5.91 Å². The van der Waals surface area contributed by atoms with Gasteiger partial charge in [0.1, 0.15) is 6.33 Å². The molecule has 2 N–H and O–H groups in total. The minimum Gasteiger partial charge on any atom is -0.355 e. The van der Waals surface area contributed by atoms with Gasteiger partial charge in [0, 0.05) is 23.5 Å². The van der Waals surface area contributed by atoms with E-state index in [-0.39, 0.29) is 17.9 Å². The molecule has 0 unspecified atom stereocenters. The average molecular weight is 413 g/mol. The van der Waals surface area contributed by atoms with E-state index >= 15 is 0 Å². The lowest BCUT2D eigenvalue weighted by molar-refractivity contribution is -0.127. The van der Waals surface area contributed by atoms with Gasteiger partial charge in [-0.2, -0.15) is 0 Å². The minimum atomic E-state index is 0.0497. The van der Waals surface area contributed by atoms with Gasteiger partial charge >= 0.3 is 0 Å². The van der Waals surface area contributed by atoms with Crippen LogP contribution in [0, 0.1) is 11.8 Å². The SMILES string of the molecule is O=C(N[C@H]1CCCc2c1[nH]c1c(Cl)cccc21)C1CCC(Cn2cnnn2)CC1. The molecule has 2 aliphatic carbocycles. The van der Waals surface area contributed by atoms with E-state index in [0.717, 1.165) is 67.7 Å². The van der Waals surface area contributed by atoms with E-state index in [2.05, 4.69) is 31.9 Å². The first-order valence-corrected chi connectivity index (χ1v) is 10.9. The second-order valence-corrected chi connectivity index (χ2v) is 8.79. The van der Waals surface area contributed by atoms with Gasteiger partial charge in [-0.3, -0.25) is 4.79 Å². The summed E-state index contributed by atoms with van der Waals surface area (Å²) in [6, 6.07) is 6.07. The summed E-state index contributed by atoms with van der Waals surface area (Å²) in [6.07, 6.45) is 8.67. The predicted octanol–water partition coefficient (Wildman–Crippen LogP) is 3.81. The van der Waals surface area contributed by atoms with Gasteiger partial charge < -0.3 is 10.3 Å². The van der Waals surface area contributed by atoms with Crippen molar-refractivity contribution in [3.05, 3.63) is 40.8 Å². The number of para-hydroxylation sites is 1. The number of tetrazole rings is 1. The van der Waals surface area contributed by atoms with E-state index < -0.39 is 0 Å². The summed E-state index contributed by atoms with van der Waals surface area (Å²) >= 11 is 6.38. The Bertz CT molecular complexity index is 1010. The van der Waals surface area contributed by atoms with Gasteiger partial charge in [0.15, 0.2) is 0 Å². The van der Waals surface area contributed by atoms with Gasteiger partial charge in [-0.25, -0.2) is 4.68 Å². The Labute approximate surface area is 174 Å². The van der Waals surface area contributed by atoms with Crippen LogP contribution >= 0.6 is 11.6 Å². The number of aromatic nitrogens is 5. The summed E-state index contributed by atoms with van der Waals surface area (Å²) in [7, 11) is 0. The van der Waals surface area contributed by atoms with Crippen LogP contribution in [0.5, 0.6) is 0 Å². The van der Waals surface area contributed by atoms with Crippen LogP contribution in [-0.4, -0.2) is 31.1 Å². The number of carbonyl (C=O) groups is 1. The monoisotopic (exact) mass is 412 g/mol. The van der Waals surface area contributed by atoms with Crippen molar-refractivity contribution in [2.75, 3.05) is 0 Å². The molecule has 29 heavy (non-hydrogen) atoms. The highest BCUT2D eigenvalue weighted by atomic mass is 35.5. The molecule has 3 aromatic rings. The number of rotatable bonds is 4. The standard InChI is InChI=1S/C21H25ClN6O/c22-17-5-1-3-15-16-4-2-6-18(20(16)25-19(15)17)24-21(29)14-9-7-13(8-10-14)11-28-12-23-26-27-28/h1,3,5,12-14,18,25H,2,4,6-11H2,(H,24,29)/t13?,14?,18-/m0/s1. The first-order chi connectivity index (χ1) is 14.2. The van der Waals surface area contributed by atoms with Crippen molar-refractivity contribution in [1.29, 1.82) is 0 Å². The number of H-pyrrole nitrogens is 1. The molecule has 1 fully saturated rings. The van der Waals surface area contributed by atoms with Crippen LogP contribution < -0.4 is 5.32 Å². The second-order valence-electron chi connectivity index (χ2n) is 8.38. The molecule has 7 nitrogen and oxygen atoms in total. The lowest BCUT2D eigenvalue weighted by Crippen LogP contribution is -2.37. The fourth-order valence-corrected chi connectivity index (χ4v) is 5.24. The Kier molecular flexibility index (Phi) is 4.99. The number of aryl methyl sites for hydroxylation is 1. The molecule has 1 atom stereocenters. The first kappa shape index (κ1) is 18.6. The summed E-state index contributed by atoms with van der Waals surface area (Å²) in [6.45, 7) is 0.836. The van der Waals surface area contributed by atoms with Crippen LogP contribution in [-0.2, 0) is 17.8 Å². The van der Waals surface area contributed by atoms with E-state index in [1.807, 2.05) is 12.1 Å². The molecule has 1 aromatic carbocycles. The van der Waals surface area contributed by atoms with Gasteiger partial charge in [-0.15, -0.1) is 5.10 Å². The Balaban J connectivity index is 1.24. The van der Waals surface area contributed by atoms with E-state index in [9.17, 15) is 4.79 Å². The van der Waals surface area contributed by atoms with E-state index in [0.29, 0.717) is 5.92 Å². The van der Waals surface area contributed by atoms with E-state index in [4.69, 9.17) is 11.6 Å². The van der Waals surface area contributed by atoms with E-state index in [1.165, 1.54) is 10.9 Å². The number of nitrogens with zero attached hydrogens (tertiary/aromatic N) is 4. The zero-order valence-electron chi connectivity index (χ0n) is 16.3. The van der Waals surface area contributed by atoms with Gasteiger partial charge in [-0.05, 0) is 72.9 Å². The van der Waals surface area contributed by atoms with Crippen LogP contribution in [0.2, 0.25) is 5.02 Å². The van der Waals surface area contributed by atoms with Crippen molar-refractivity contribution < 1.29 is 4.79 Å². The minimum absolute atomic E-state index is 0.0497. The number of aromatic amines is 1. The van der Waals surface area contributed by atoms with Crippen LogP contribution in [0.15, 0.2) is 24.5 Å². The summed E-state index contributed by atoms with van der Waals surface area (Å²) in [4.78, 5) is 16.5. The van der Waals surface area contributed by atoms with Crippen LogP contribution in [0.3, 0.4) is 0 Å². The average Bonchev–Trinajstić information content (AvgIpc) is 3.38. The molecule has 2 aliphatic rings. The number of fused-ring (bicyclic) bond motifs is 3. The third-order valence-corrected chi connectivity index (χ3v) is 6.88. The normalized spacial score (nSPS) is 24.4. The Morgan fingerprint density at radius 2 is 2.10 bits per heavy atom. The molecule has 2 aromatic heterocycles. The third kappa shape index (κ3) is 3.64. The Morgan fingerprint density at radius 1 is 1.24 bits per heavy atom. The molecule has 2 heterocycles. The maximum Gasteiger partial charge on any atom is 0.223 e. The summed E-state index contributed by atoms with van der Waals surface area (Å²) in [5.41, 5.74) is 3.44. The highest BCUT2D eigenvalue weighted by Gasteiger charge is 2.31. The number of hydrogen-bond acceptors (Lipinski definition) is 4. The molecular weight excluding hydrogens is 388 g/mol. The van der Waals surface area contributed by atoms with E-state index in [1.54, 1.807) is 11.0 Å². The zero-order chi connectivity index (χ0) is 19.8. The van der Waals surface area contributed by atoms with Crippen molar-refractivity contribution in [1.82, 2.24) is 30.5 Å².